The molecule has 2 heterocycles. The Bertz CT molecular complexity index is 2080. The van der Waals surface area contributed by atoms with Crippen molar-refractivity contribution in [2.45, 2.75) is 0 Å². The molecule has 0 fully saturated rings. The fourth-order valence-electron chi connectivity index (χ4n) is 6.73. The van der Waals surface area contributed by atoms with Crippen LogP contribution in [-0.2, 0) is 0 Å². The van der Waals surface area contributed by atoms with Crippen LogP contribution >= 0.6 is 0 Å². The molecular formula is C40H29N3Si. The Morgan fingerprint density at radius 3 is 1.45 bits per heavy atom. The summed E-state index contributed by atoms with van der Waals surface area (Å²) >= 11 is 0. The van der Waals surface area contributed by atoms with Crippen LogP contribution in [0.25, 0.3) is 39.0 Å². The molecule has 44 heavy (non-hydrogen) atoms. The molecule has 0 amide bonds. The van der Waals surface area contributed by atoms with E-state index in [1.54, 1.807) is 0 Å². The third-order valence-corrected chi connectivity index (χ3v) is 13.4. The molecule has 0 N–H and O–H groups in total. The number of hydrogen-bond donors (Lipinski definition) is 0. The molecule has 6 aromatic carbocycles. The van der Waals surface area contributed by atoms with Crippen molar-refractivity contribution >= 4 is 50.6 Å². The van der Waals surface area contributed by atoms with E-state index in [1.165, 1.54) is 31.5 Å². The van der Waals surface area contributed by atoms with Gasteiger partial charge in [-0.3, -0.25) is 4.57 Å². The molecule has 0 spiro atoms. The second kappa shape index (κ2) is 10.9. The number of aromatic nitrogens is 3. The van der Waals surface area contributed by atoms with Crippen molar-refractivity contribution in [3.8, 4) is 17.2 Å². The largest absolute Gasteiger partial charge is 0.278 e. The minimum absolute atomic E-state index is 0.669. The lowest BCUT2D eigenvalue weighted by Crippen LogP contribution is -2.74. The highest BCUT2D eigenvalue weighted by molar-refractivity contribution is 7.19. The van der Waals surface area contributed by atoms with Gasteiger partial charge in [0.05, 0.1) is 16.7 Å². The molecular weight excluding hydrogens is 551 g/mol. The highest BCUT2D eigenvalue weighted by Gasteiger charge is 2.41. The van der Waals surface area contributed by atoms with E-state index in [1.807, 2.05) is 12.3 Å². The summed E-state index contributed by atoms with van der Waals surface area (Å²) in [6, 6.07) is 61.0. The summed E-state index contributed by atoms with van der Waals surface area (Å²) in [7, 11) is -2.65. The number of fused-ring (bicyclic) bond motifs is 3. The minimum Gasteiger partial charge on any atom is -0.278 e. The number of benzene rings is 6. The summed E-state index contributed by atoms with van der Waals surface area (Å²) in [6.07, 6.45) is 1.88. The molecule has 2 aromatic heterocycles. The molecule has 0 aliphatic rings. The summed E-state index contributed by atoms with van der Waals surface area (Å²) < 4.78 is 2.18. The van der Waals surface area contributed by atoms with Crippen LogP contribution < -0.4 is 20.7 Å². The van der Waals surface area contributed by atoms with Gasteiger partial charge in [0, 0.05) is 22.5 Å². The van der Waals surface area contributed by atoms with E-state index in [9.17, 15) is 0 Å². The summed E-state index contributed by atoms with van der Waals surface area (Å²) in [5.41, 5.74) is 4.17. The number of para-hydroxylation sites is 2. The predicted molar refractivity (Wildman–Crippen MR) is 185 cm³/mol. The summed E-state index contributed by atoms with van der Waals surface area (Å²) in [5, 5.41) is 7.76. The average molecular weight is 580 g/mol. The molecule has 0 aliphatic heterocycles. The topological polar surface area (TPSA) is 30.7 Å². The van der Waals surface area contributed by atoms with Gasteiger partial charge in [0.2, 0.25) is 5.95 Å². The molecule has 208 valence electrons. The van der Waals surface area contributed by atoms with Crippen molar-refractivity contribution in [1.29, 1.82) is 0 Å². The molecule has 0 saturated heterocycles. The van der Waals surface area contributed by atoms with Gasteiger partial charge in [-0.1, -0.05) is 152 Å². The second-order valence-electron chi connectivity index (χ2n) is 11.0. The SMILES string of the molecule is c1ccc([Si](c2ccccc2)(c2ccccc2)c2cccc(-c3ccnc(-n4c5ccccc5c5ccccc54)n3)c2)cc1. The highest BCUT2D eigenvalue weighted by atomic mass is 28.3. The van der Waals surface area contributed by atoms with Crippen LogP contribution in [0, 0.1) is 0 Å². The van der Waals surface area contributed by atoms with Crippen LogP contribution in [0.5, 0.6) is 0 Å². The van der Waals surface area contributed by atoms with Crippen LogP contribution in [-0.4, -0.2) is 22.6 Å². The van der Waals surface area contributed by atoms with E-state index < -0.39 is 8.07 Å². The Kier molecular flexibility index (Phi) is 6.47. The minimum atomic E-state index is -2.65. The van der Waals surface area contributed by atoms with E-state index in [0.717, 1.165) is 22.3 Å². The molecule has 8 rings (SSSR count). The van der Waals surface area contributed by atoms with Crippen LogP contribution in [0.1, 0.15) is 0 Å². The highest BCUT2D eigenvalue weighted by Crippen LogP contribution is 2.31. The van der Waals surface area contributed by atoms with E-state index in [4.69, 9.17) is 9.97 Å². The van der Waals surface area contributed by atoms with Gasteiger partial charge >= 0.3 is 0 Å². The first-order valence-electron chi connectivity index (χ1n) is 14.9. The van der Waals surface area contributed by atoms with E-state index >= 15 is 0 Å². The van der Waals surface area contributed by atoms with Crippen molar-refractivity contribution < 1.29 is 0 Å². The van der Waals surface area contributed by atoms with Crippen LogP contribution in [0.15, 0.2) is 176 Å². The zero-order chi connectivity index (χ0) is 29.3. The molecule has 0 radical (unpaired) electrons. The first kappa shape index (κ1) is 26.1. The molecule has 0 aliphatic carbocycles. The number of hydrogen-bond acceptors (Lipinski definition) is 2. The average Bonchev–Trinajstić information content (AvgIpc) is 3.45. The van der Waals surface area contributed by atoms with Gasteiger partial charge in [0.15, 0.2) is 8.07 Å². The van der Waals surface area contributed by atoms with Gasteiger partial charge in [-0.05, 0) is 38.9 Å². The first-order chi connectivity index (χ1) is 21.8. The van der Waals surface area contributed by atoms with Gasteiger partial charge < -0.3 is 0 Å². The summed E-state index contributed by atoms with van der Waals surface area (Å²) in [4.78, 5) is 9.98. The van der Waals surface area contributed by atoms with Crippen molar-refractivity contribution in [3.63, 3.8) is 0 Å². The third-order valence-electron chi connectivity index (χ3n) is 8.63. The van der Waals surface area contributed by atoms with Gasteiger partial charge in [-0.2, -0.15) is 0 Å². The maximum Gasteiger partial charge on any atom is 0.235 e. The molecule has 8 aromatic rings. The van der Waals surface area contributed by atoms with Gasteiger partial charge in [0.25, 0.3) is 0 Å². The van der Waals surface area contributed by atoms with Crippen LogP contribution in [0.4, 0.5) is 0 Å². The van der Waals surface area contributed by atoms with Gasteiger partial charge in [0.1, 0.15) is 0 Å². The number of nitrogens with zero attached hydrogens (tertiary/aromatic N) is 3. The Morgan fingerprint density at radius 2 is 0.909 bits per heavy atom. The van der Waals surface area contributed by atoms with Crippen LogP contribution in [0.2, 0.25) is 0 Å². The Morgan fingerprint density at radius 1 is 0.432 bits per heavy atom. The molecule has 3 nitrogen and oxygen atoms in total. The summed E-state index contributed by atoms with van der Waals surface area (Å²) in [5.74, 6) is 0.669. The van der Waals surface area contributed by atoms with Gasteiger partial charge in [-0.15, -0.1) is 0 Å². The molecule has 0 atom stereocenters. The Balaban J connectivity index is 1.35. The van der Waals surface area contributed by atoms with Crippen LogP contribution in [0.3, 0.4) is 0 Å². The smallest absolute Gasteiger partial charge is 0.235 e. The first-order valence-corrected chi connectivity index (χ1v) is 16.9. The quantitative estimate of drug-likeness (QED) is 0.164. The lowest BCUT2D eigenvalue weighted by Gasteiger charge is -2.34. The van der Waals surface area contributed by atoms with E-state index in [0.29, 0.717) is 5.95 Å². The monoisotopic (exact) mass is 579 g/mol. The maximum absolute atomic E-state index is 5.19. The second-order valence-corrected chi connectivity index (χ2v) is 14.8. The Labute approximate surface area is 257 Å². The lowest BCUT2D eigenvalue weighted by atomic mass is 10.1. The van der Waals surface area contributed by atoms with Crippen molar-refractivity contribution in [3.05, 3.63) is 176 Å². The fourth-order valence-corrected chi connectivity index (χ4v) is 11.5. The van der Waals surface area contributed by atoms with E-state index in [2.05, 4.69) is 168 Å². The molecule has 4 heteroatoms. The third kappa shape index (κ3) is 4.19. The predicted octanol–water partition coefficient (Wildman–Crippen LogP) is 6.62. The lowest BCUT2D eigenvalue weighted by molar-refractivity contribution is 0.992. The number of rotatable bonds is 6. The maximum atomic E-state index is 5.19. The Hall–Kier alpha value is -5.58. The zero-order valence-electron chi connectivity index (χ0n) is 24.1. The molecule has 0 unspecified atom stereocenters. The van der Waals surface area contributed by atoms with E-state index in [-0.39, 0.29) is 0 Å². The standard InChI is InChI=1S/C40H29N3Si/c1-4-16-31(17-5-1)44(32-18-6-2-7-19-32,33-20-8-3-9-21-33)34-22-14-15-30(29-34)37-27-28-41-40(42-37)43-38-25-12-10-23-35(38)36-24-11-13-26-39(36)43/h1-29H. The van der Waals surface area contributed by atoms with Gasteiger partial charge in [-0.25, -0.2) is 9.97 Å². The normalized spacial score (nSPS) is 11.6. The molecule has 0 bridgehead atoms. The zero-order valence-corrected chi connectivity index (χ0v) is 25.1. The van der Waals surface area contributed by atoms with Crippen molar-refractivity contribution in [2.75, 3.05) is 0 Å². The van der Waals surface area contributed by atoms with Crippen molar-refractivity contribution in [1.82, 2.24) is 14.5 Å². The fraction of sp³-hybridized carbons (Fsp3) is 0. The molecule has 0 saturated carbocycles. The van der Waals surface area contributed by atoms with Crippen molar-refractivity contribution in [2.24, 2.45) is 0 Å². The summed E-state index contributed by atoms with van der Waals surface area (Å²) in [6.45, 7) is 0.